The highest BCUT2D eigenvalue weighted by Gasteiger charge is 2.28. The van der Waals surface area contributed by atoms with E-state index in [1.54, 1.807) is 0 Å². The number of ether oxygens (including phenoxy) is 1. The summed E-state index contributed by atoms with van der Waals surface area (Å²) in [4.78, 5) is 12.2. The van der Waals surface area contributed by atoms with Gasteiger partial charge in [0.15, 0.2) is 0 Å². The Kier molecular flexibility index (Phi) is 7.22. The zero-order valence-electron chi connectivity index (χ0n) is 18.4. The fraction of sp³-hybridized carbons (Fsp3) is 0.250. The molecule has 0 aromatic heterocycles. The number of carbonyl (C=O) groups excluding carboxylic acids is 1. The Morgan fingerprint density at radius 2 is 1.69 bits per heavy atom. The lowest BCUT2D eigenvalue weighted by Gasteiger charge is -2.14. The summed E-state index contributed by atoms with van der Waals surface area (Å²) in [7, 11) is 0. The second-order valence-electron chi connectivity index (χ2n) is 7.78. The monoisotopic (exact) mass is 424 g/mol. The number of alkyl carbamates (subject to hydrolysis) is 1. The maximum atomic E-state index is 12.2. The van der Waals surface area contributed by atoms with Gasteiger partial charge in [0.05, 0.1) is 0 Å². The lowest BCUT2D eigenvalue weighted by atomic mass is 9.98. The normalized spacial score (nSPS) is 11.8. The molecule has 0 saturated carbocycles. The summed E-state index contributed by atoms with van der Waals surface area (Å²) >= 11 is 0. The van der Waals surface area contributed by atoms with Crippen molar-refractivity contribution in [1.82, 2.24) is 10.6 Å². The number of rotatable bonds is 7. The van der Waals surface area contributed by atoms with Gasteiger partial charge < -0.3 is 15.4 Å². The summed E-state index contributed by atoms with van der Waals surface area (Å²) in [6, 6.07) is 24.9. The molecule has 0 fully saturated rings. The Bertz CT molecular complexity index is 1100. The fourth-order valence-corrected chi connectivity index (χ4v) is 4.07. The van der Waals surface area contributed by atoms with Crippen LogP contribution in [0.15, 0.2) is 72.8 Å². The maximum absolute atomic E-state index is 12.2. The maximum Gasteiger partial charge on any atom is 0.407 e. The van der Waals surface area contributed by atoms with Crippen LogP contribution in [-0.4, -0.2) is 25.8 Å². The van der Waals surface area contributed by atoms with E-state index < -0.39 is 6.09 Å². The molecular weight excluding hydrogens is 396 g/mol. The molecular formula is C28H28N2O2. The molecule has 0 unspecified atom stereocenters. The van der Waals surface area contributed by atoms with Gasteiger partial charge in [-0.15, -0.1) is 0 Å². The number of carbonyl (C=O) groups is 1. The average Bonchev–Trinajstić information content (AvgIpc) is 3.15. The average molecular weight is 425 g/mol. The van der Waals surface area contributed by atoms with Crippen LogP contribution in [-0.2, 0) is 11.3 Å². The highest BCUT2D eigenvalue weighted by Crippen LogP contribution is 2.44. The Morgan fingerprint density at radius 1 is 0.969 bits per heavy atom. The fourth-order valence-electron chi connectivity index (χ4n) is 4.07. The Hall–Kier alpha value is -3.55. The van der Waals surface area contributed by atoms with Crippen molar-refractivity contribution in [3.8, 4) is 23.0 Å². The molecule has 0 aliphatic heterocycles. The third-order valence-electron chi connectivity index (χ3n) is 5.60. The van der Waals surface area contributed by atoms with Gasteiger partial charge in [-0.05, 0) is 46.5 Å². The molecule has 4 nitrogen and oxygen atoms in total. The Morgan fingerprint density at radius 3 is 2.41 bits per heavy atom. The van der Waals surface area contributed by atoms with Crippen LogP contribution in [0, 0.1) is 11.8 Å². The number of nitrogens with one attached hydrogen (secondary N) is 2. The van der Waals surface area contributed by atoms with Gasteiger partial charge in [0.1, 0.15) is 6.61 Å². The van der Waals surface area contributed by atoms with E-state index >= 15 is 0 Å². The lowest BCUT2D eigenvalue weighted by molar-refractivity contribution is 0.143. The van der Waals surface area contributed by atoms with Crippen molar-refractivity contribution in [2.45, 2.75) is 25.8 Å². The van der Waals surface area contributed by atoms with E-state index in [0.717, 1.165) is 18.7 Å². The van der Waals surface area contributed by atoms with Crippen LogP contribution < -0.4 is 10.6 Å². The van der Waals surface area contributed by atoms with E-state index in [9.17, 15) is 4.79 Å². The standard InChI is InChI=1S/C28H28N2O2/c1-2-29-19-22-12-9-11-21(18-22)10-7-8-17-30-28(31)32-20-27-25-15-5-3-13-23(25)24-14-4-6-16-26(24)27/h3-6,9,11-16,18,27,29H,2,8,17,19-20H2,1H3,(H,30,31). The number of benzene rings is 3. The van der Waals surface area contributed by atoms with Crippen molar-refractivity contribution in [1.29, 1.82) is 0 Å². The molecule has 2 N–H and O–H groups in total. The summed E-state index contributed by atoms with van der Waals surface area (Å²) < 4.78 is 5.55. The van der Waals surface area contributed by atoms with E-state index in [2.05, 4.69) is 65.8 Å². The molecule has 1 aliphatic carbocycles. The predicted octanol–water partition coefficient (Wildman–Crippen LogP) is 5.08. The second kappa shape index (κ2) is 10.7. The van der Waals surface area contributed by atoms with E-state index in [1.165, 1.54) is 27.8 Å². The minimum Gasteiger partial charge on any atom is -0.449 e. The summed E-state index contributed by atoms with van der Waals surface area (Å²) in [6.45, 7) is 4.66. The Balaban J connectivity index is 1.25. The summed E-state index contributed by atoms with van der Waals surface area (Å²) in [6.07, 6.45) is 0.169. The van der Waals surface area contributed by atoms with Crippen molar-refractivity contribution >= 4 is 6.09 Å². The van der Waals surface area contributed by atoms with E-state index in [1.807, 2.05) is 36.4 Å². The molecule has 0 saturated heterocycles. The molecule has 0 radical (unpaired) electrons. The van der Waals surface area contributed by atoms with Crippen LogP contribution in [0.4, 0.5) is 4.79 Å². The minimum atomic E-state index is -0.402. The van der Waals surface area contributed by atoms with E-state index in [0.29, 0.717) is 19.6 Å². The van der Waals surface area contributed by atoms with Crippen LogP contribution in [0.1, 0.15) is 41.5 Å². The molecule has 3 aromatic rings. The summed E-state index contributed by atoms with van der Waals surface area (Å²) in [5.41, 5.74) is 7.08. The molecule has 3 aromatic carbocycles. The first-order chi connectivity index (χ1) is 15.8. The molecule has 1 amide bonds. The molecule has 0 atom stereocenters. The van der Waals surface area contributed by atoms with Crippen LogP contribution in [0.2, 0.25) is 0 Å². The highest BCUT2D eigenvalue weighted by atomic mass is 16.5. The SMILES string of the molecule is CCNCc1cccc(C#CCCNC(=O)OCC2c3ccccc3-c3ccccc32)c1. The van der Waals surface area contributed by atoms with Gasteiger partial charge in [0.25, 0.3) is 0 Å². The van der Waals surface area contributed by atoms with Gasteiger partial charge in [-0.2, -0.15) is 0 Å². The van der Waals surface area contributed by atoms with Gasteiger partial charge in [-0.3, -0.25) is 0 Å². The number of amides is 1. The number of hydrogen-bond acceptors (Lipinski definition) is 3. The third-order valence-corrected chi connectivity index (χ3v) is 5.60. The van der Waals surface area contributed by atoms with Crippen molar-refractivity contribution in [2.24, 2.45) is 0 Å². The van der Waals surface area contributed by atoms with Crippen molar-refractivity contribution < 1.29 is 9.53 Å². The molecule has 0 bridgehead atoms. The molecule has 0 spiro atoms. The van der Waals surface area contributed by atoms with Crippen molar-refractivity contribution in [3.63, 3.8) is 0 Å². The topological polar surface area (TPSA) is 50.4 Å². The van der Waals surface area contributed by atoms with Gasteiger partial charge >= 0.3 is 6.09 Å². The molecule has 162 valence electrons. The minimum absolute atomic E-state index is 0.0717. The van der Waals surface area contributed by atoms with Crippen LogP contribution in [0.3, 0.4) is 0 Å². The van der Waals surface area contributed by atoms with Gasteiger partial charge in [-0.25, -0.2) is 4.79 Å². The molecule has 0 heterocycles. The third kappa shape index (κ3) is 5.19. The Labute approximate surface area is 190 Å². The molecule has 4 heteroatoms. The lowest BCUT2D eigenvalue weighted by Crippen LogP contribution is -2.26. The zero-order valence-corrected chi connectivity index (χ0v) is 18.4. The number of fused-ring (bicyclic) bond motifs is 3. The quantitative estimate of drug-likeness (QED) is 0.411. The first-order valence-electron chi connectivity index (χ1n) is 11.1. The van der Waals surface area contributed by atoms with Crippen LogP contribution in [0.25, 0.3) is 11.1 Å². The predicted molar refractivity (Wildman–Crippen MR) is 128 cm³/mol. The smallest absolute Gasteiger partial charge is 0.407 e. The second-order valence-corrected chi connectivity index (χ2v) is 7.78. The number of hydrogen-bond donors (Lipinski definition) is 2. The molecule has 4 rings (SSSR count). The first-order valence-corrected chi connectivity index (χ1v) is 11.1. The summed E-state index contributed by atoms with van der Waals surface area (Å²) in [5.74, 6) is 6.36. The van der Waals surface area contributed by atoms with Crippen molar-refractivity contribution in [3.05, 3.63) is 95.1 Å². The van der Waals surface area contributed by atoms with E-state index in [-0.39, 0.29) is 5.92 Å². The van der Waals surface area contributed by atoms with Crippen molar-refractivity contribution in [2.75, 3.05) is 19.7 Å². The van der Waals surface area contributed by atoms with E-state index in [4.69, 9.17) is 4.74 Å². The van der Waals surface area contributed by atoms with Gasteiger partial charge in [0, 0.05) is 31.0 Å². The zero-order chi connectivity index (χ0) is 22.2. The summed E-state index contributed by atoms with van der Waals surface area (Å²) in [5, 5.41) is 6.12. The van der Waals surface area contributed by atoms with Crippen LogP contribution in [0.5, 0.6) is 0 Å². The molecule has 1 aliphatic rings. The molecule has 32 heavy (non-hydrogen) atoms. The van der Waals surface area contributed by atoms with Gasteiger partial charge in [-0.1, -0.05) is 79.4 Å². The highest BCUT2D eigenvalue weighted by molar-refractivity contribution is 5.79. The first kappa shape index (κ1) is 21.7. The van der Waals surface area contributed by atoms with Crippen LogP contribution >= 0.6 is 0 Å². The van der Waals surface area contributed by atoms with Gasteiger partial charge in [0.2, 0.25) is 0 Å². The largest absolute Gasteiger partial charge is 0.449 e.